The molecule has 0 atom stereocenters. The molecule has 220 valence electrons. The van der Waals surface area contributed by atoms with E-state index in [4.69, 9.17) is 9.47 Å². The molecule has 0 aliphatic carbocycles. The molecule has 3 heterocycles. The van der Waals surface area contributed by atoms with Crippen molar-refractivity contribution in [1.82, 2.24) is 24.6 Å². The molecule has 0 unspecified atom stereocenters. The number of aromatic nitrogens is 4. The first-order chi connectivity index (χ1) is 19.6. The van der Waals surface area contributed by atoms with E-state index in [1.807, 2.05) is 38.6 Å². The Hall–Kier alpha value is -4.22. The molecule has 12 nitrogen and oxygen atoms in total. The Bertz CT molecular complexity index is 1310. The summed E-state index contributed by atoms with van der Waals surface area (Å²) in [5.74, 6) is 1.89. The van der Waals surface area contributed by atoms with Crippen LogP contribution in [0.25, 0.3) is 0 Å². The molecule has 0 radical (unpaired) electrons. The van der Waals surface area contributed by atoms with Gasteiger partial charge in [-0.15, -0.1) is 0 Å². The number of aryl methyl sites for hydroxylation is 1. The number of hydrogen-bond acceptors (Lipinski definition) is 9. The van der Waals surface area contributed by atoms with E-state index in [1.165, 1.54) is 6.20 Å². The summed E-state index contributed by atoms with van der Waals surface area (Å²) in [5.41, 5.74) is 0.911. The van der Waals surface area contributed by atoms with Gasteiger partial charge in [-0.05, 0) is 89.1 Å². The number of nitrogens with one attached hydrogen (secondary N) is 1. The number of ether oxygens (including phenoxy) is 2. The van der Waals surface area contributed by atoms with Crippen LogP contribution < -0.4 is 10.1 Å². The van der Waals surface area contributed by atoms with E-state index < -0.39 is 10.5 Å². The normalized spacial score (nSPS) is 14.1. The van der Waals surface area contributed by atoms with Gasteiger partial charge in [0, 0.05) is 37.9 Å². The average Bonchev–Trinajstić information content (AvgIpc) is 3.36. The van der Waals surface area contributed by atoms with Gasteiger partial charge in [-0.25, -0.2) is 14.8 Å². The Labute approximate surface area is 240 Å². The molecule has 1 aromatic carbocycles. The molecule has 4 rings (SSSR count). The summed E-state index contributed by atoms with van der Waals surface area (Å²) in [7, 11) is 0. The third-order valence-electron chi connectivity index (χ3n) is 6.76. The van der Waals surface area contributed by atoms with Gasteiger partial charge in [-0.2, -0.15) is 5.10 Å². The lowest BCUT2D eigenvalue weighted by molar-refractivity contribution is -0.384. The highest BCUT2D eigenvalue weighted by molar-refractivity contribution is 5.68. The third kappa shape index (κ3) is 8.89. The number of piperidine rings is 1. The molecule has 1 N–H and O–H groups in total. The minimum absolute atomic E-state index is 0.134. The summed E-state index contributed by atoms with van der Waals surface area (Å²) in [6.45, 7) is 10.4. The van der Waals surface area contributed by atoms with Crippen molar-refractivity contribution in [2.75, 3.05) is 25.0 Å². The van der Waals surface area contributed by atoms with E-state index in [1.54, 1.807) is 35.4 Å². The molecular weight excluding hydrogens is 526 g/mol. The van der Waals surface area contributed by atoms with Gasteiger partial charge in [0.1, 0.15) is 23.4 Å². The smallest absolute Gasteiger partial charge is 0.410 e. The SMILES string of the molecule is CCOc1ccc(Nc2nc(Cc3cnn(CCCC4CCN(C(=O)OC(C)(C)C)CC4)c3)ncc2[N+](=O)[O-])cc1. The second kappa shape index (κ2) is 13.4. The quantitative estimate of drug-likeness (QED) is 0.228. The van der Waals surface area contributed by atoms with Crippen molar-refractivity contribution in [2.24, 2.45) is 5.92 Å². The second-order valence-electron chi connectivity index (χ2n) is 11.2. The predicted octanol–water partition coefficient (Wildman–Crippen LogP) is 5.74. The zero-order valence-corrected chi connectivity index (χ0v) is 24.2. The van der Waals surface area contributed by atoms with Crippen LogP contribution in [0.1, 0.15) is 64.8 Å². The van der Waals surface area contributed by atoms with Crippen molar-refractivity contribution in [2.45, 2.75) is 71.9 Å². The minimum Gasteiger partial charge on any atom is -0.494 e. The van der Waals surface area contributed by atoms with Crippen LogP contribution in [0.5, 0.6) is 5.75 Å². The number of nitrogens with zero attached hydrogens (tertiary/aromatic N) is 6. The Balaban J connectivity index is 1.27. The molecule has 1 aliphatic heterocycles. The van der Waals surface area contributed by atoms with Gasteiger partial charge in [-0.3, -0.25) is 14.8 Å². The lowest BCUT2D eigenvalue weighted by Crippen LogP contribution is -2.41. The number of likely N-dealkylation sites (tertiary alicyclic amines) is 1. The van der Waals surface area contributed by atoms with Crippen LogP contribution in [-0.4, -0.2) is 61.0 Å². The van der Waals surface area contributed by atoms with Gasteiger partial charge in [0.25, 0.3) is 0 Å². The molecule has 41 heavy (non-hydrogen) atoms. The summed E-state index contributed by atoms with van der Waals surface area (Å²) >= 11 is 0. The summed E-state index contributed by atoms with van der Waals surface area (Å²) in [6, 6.07) is 7.15. The zero-order valence-electron chi connectivity index (χ0n) is 24.2. The van der Waals surface area contributed by atoms with E-state index in [0.717, 1.165) is 56.6 Å². The molecule has 1 aliphatic rings. The second-order valence-corrected chi connectivity index (χ2v) is 11.2. The van der Waals surface area contributed by atoms with Gasteiger partial charge in [-0.1, -0.05) is 0 Å². The molecule has 2 aromatic heterocycles. The van der Waals surface area contributed by atoms with Crippen molar-refractivity contribution in [1.29, 1.82) is 0 Å². The number of nitro groups is 1. The van der Waals surface area contributed by atoms with Crippen molar-refractivity contribution in [3.8, 4) is 5.75 Å². The van der Waals surface area contributed by atoms with Crippen molar-refractivity contribution in [3.05, 3.63) is 64.4 Å². The van der Waals surface area contributed by atoms with E-state index in [2.05, 4.69) is 20.4 Å². The first-order valence-electron chi connectivity index (χ1n) is 14.1. The van der Waals surface area contributed by atoms with Crippen LogP contribution in [0.15, 0.2) is 42.9 Å². The van der Waals surface area contributed by atoms with Crippen LogP contribution in [0.4, 0.5) is 22.0 Å². The first kappa shape index (κ1) is 29.8. The monoisotopic (exact) mass is 565 g/mol. The van der Waals surface area contributed by atoms with Crippen LogP contribution in [0, 0.1) is 16.0 Å². The lowest BCUT2D eigenvalue weighted by atomic mass is 9.92. The fourth-order valence-electron chi connectivity index (χ4n) is 4.74. The van der Waals surface area contributed by atoms with Crippen molar-refractivity contribution >= 4 is 23.3 Å². The maximum atomic E-state index is 12.3. The van der Waals surface area contributed by atoms with Crippen molar-refractivity contribution < 1.29 is 19.2 Å². The largest absolute Gasteiger partial charge is 0.494 e. The lowest BCUT2D eigenvalue weighted by Gasteiger charge is -2.33. The topological polar surface area (TPSA) is 138 Å². The molecule has 1 saturated heterocycles. The molecule has 3 aromatic rings. The van der Waals surface area contributed by atoms with Crippen LogP contribution >= 0.6 is 0 Å². The third-order valence-corrected chi connectivity index (χ3v) is 6.76. The maximum Gasteiger partial charge on any atom is 0.410 e. The standard InChI is InChI=1S/C29H39N7O5/c1-5-40-24-10-8-23(9-11-24)32-27-25(36(38)39)19-30-26(33-27)17-22-18-31-35(20-22)14-6-7-21-12-15-34(16-13-21)28(37)41-29(2,3)4/h8-11,18-21H,5-7,12-17H2,1-4H3,(H,30,32,33). The number of benzene rings is 1. The van der Waals surface area contributed by atoms with Gasteiger partial charge in [0.2, 0.25) is 5.82 Å². The van der Waals surface area contributed by atoms with Gasteiger partial charge in [0.15, 0.2) is 0 Å². The number of carbonyl (C=O) groups is 1. The van der Waals surface area contributed by atoms with Crippen LogP contribution in [0.2, 0.25) is 0 Å². The number of carbonyl (C=O) groups excluding carboxylic acids is 1. The Morgan fingerprint density at radius 1 is 1.17 bits per heavy atom. The van der Waals surface area contributed by atoms with Gasteiger partial charge >= 0.3 is 11.8 Å². The molecule has 1 amide bonds. The van der Waals surface area contributed by atoms with E-state index in [9.17, 15) is 14.9 Å². The Morgan fingerprint density at radius 3 is 2.56 bits per heavy atom. The number of anilines is 2. The highest BCUT2D eigenvalue weighted by Crippen LogP contribution is 2.27. The molecule has 12 heteroatoms. The molecular formula is C29H39N7O5. The van der Waals surface area contributed by atoms with Crippen molar-refractivity contribution in [3.63, 3.8) is 0 Å². The maximum absolute atomic E-state index is 12.3. The fraction of sp³-hybridized carbons (Fsp3) is 0.517. The summed E-state index contributed by atoms with van der Waals surface area (Å²) < 4.78 is 12.9. The molecule has 0 saturated carbocycles. The molecule has 0 spiro atoms. The van der Waals surface area contributed by atoms with Gasteiger partial charge < -0.3 is 19.7 Å². The zero-order chi connectivity index (χ0) is 29.4. The molecule has 1 fully saturated rings. The number of rotatable bonds is 11. The number of amides is 1. The predicted molar refractivity (Wildman–Crippen MR) is 154 cm³/mol. The summed E-state index contributed by atoms with van der Waals surface area (Å²) in [4.78, 5) is 33.8. The fourth-order valence-corrected chi connectivity index (χ4v) is 4.74. The van der Waals surface area contributed by atoms with Crippen LogP contribution in [-0.2, 0) is 17.7 Å². The van der Waals surface area contributed by atoms with Crippen LogP contribution in [0.3, 0.4) is 0 Å². The number of hydrogen-bond donors (Lipinski definition) is 1. The highest BCUT2D eigenvalue weighted by Gasteiger charge is 2.26. The highest BCUT2D eigenvalue weighted by atomic mass is 16.6. The molecule has 0 bridgehead atoms. The average molecular weight is 566 g/mol. The Morgan fingerprint density at radius 2 is 1.90 bits per heavy atom. The first-order valence-corrected chi connectivity index (χ1v) is 14.1. The summed E-state index contributed by atoms with van der Waals surface area (Å²) in [5, 5.41) is 19.1. The van der Waals surface area contributed by atoms with Gasteiger partial charge in [0.05, 0.1) is 17.7 Å². The Kier molecular flexibility index (Phi) is 9.74. The minimum atomic E-state index is -0.500. The summed E-state index contributed by atoms with van der Waals surface area (Å²) in [6.07, 6.45) is 9.18. The van der Waals surface area contributed by atoms with E-state index in [0.29, 0.717) is 30.5 Å². The van der Waals surface area contributed by atoms with E-state index >= 15 is 0 Å². The van der Waals surface area contributed by atoms with E-state index in [-0.39, 0.29) is 17.6 Å².